The third kappa shape index (κ3) is 6.13. The van der Waals surface area contributed by atoms with Gasteiger partial charge in [0, 0.05) is 6.04 Å². The van der Waals surface area contributed by atoms with Gasteiger partial charge in [0.2, 0.25) is 11.1 Å². The van der Waals surface area contributed by atoms with Crippen molar-refractivity contribution in [2.75, 3.05) is 11.6 Å². The van der Waals surface area contributed by atoms with E-state index in [2.05, 4.69) is 15.5 Å². The maximum Gasteiger partial charge on any atom is 0.230 e. The Kier molecular flexibility index (Phi) is 7.80. The number of thioether (sulfide) groups is 1. The first-order valence-corrected chi connectivity index (χ1v) is 11.3. The molecule has 1 fully saturated rings. The summed E-state index contributed by atoms with van der Waals surface area (Å²) in [6.45, 7) is 4.24. The van der Waals surface area contributed by atoms with E-state index in [4.69, 9.17) is 10.6 Å². The van der Waals surface area contributed by atoms with Crippen molar-refractivity contribution < 1.29 is 9.53 Å². The van der Waals surface area contributed by atoms with Crippen molar-refractivity contribution in [3.05, 3.63) is 35.2 Å². The molecule has 29 heavy (non-hydrogen) atoms. The summed E-state index contributed by atoms with van der Waals surface area (Å²) in [4.78, 5) is 12.3. The zero-order chi connectivity index (χ0) is 20.6. The molecule has 0 spiro atoms. The number of aromatic nitrogens is 3. The lowest BCUT2D eigenvalue weighted by atomic mass is 9.97. The molecule has 0 radical (unpaired) electrons. The molecule has 1 heterocycles. The van der Waals surface area contributed by atoms with E-state index in [0.29, 0.717) is 17.0 Å². The number of hydrogen-bond donors (Lipinski definition) is 2. The van der Waals surface area contributed by atoms with E-state index in [0.717, 1.165) is 29.7 Å². The van der Waals surface area contributed by atoms with E-state index in [1.807, 2.05) is 32.0 Å². The van der Waals surface area contributed by atoms with E-state index in [9.17, 15) is 4.79 Å². The number of aryl methyl sites for hydroxylation is 2. The fourth-order valence-electron chi connectivity index (χ4n) is 3.67. The molecule has 0 atom stereocenters. The minimum absolute atomic E-state index is 0.0249. The molecular weight excluding hydrogens is 386 g/mol. The second-order valence-electron chi connectivity index (χ2n) is 7.68. The molecule has 7 nitrogen and oxygen atoms in total. The lowest BCUT2D eigenvalue weighted by Crippen LogP contribution is -2.36. The maximum absolute atomic E-state index is 12.3. The van der Waals surface area contributed by atoms with E-state index in [-0.39, 0.29) is 18.3 Å². The Bertz CT molecular complexity index is 795. The number of nitrogens with one attached hydrogen (secondary N) is 1. The topological polar surface area (TPSA) is 95.1 Å². The summed E-state index contributed by atoms with van der Waals surface area (Å²) >= 11 is 1.30. The van der Waals surface area contributed by atoms with Crippen LogP contribution in [0, 0.1) is 13.8 Å². The highest BCUT2D eigenvalue weighted by atomic mass is 32.2. The van der Waals surface area contributed by atoms with Gasteiger partial charge in [-0.25, -0.2) is 4.68 Å². The summed E-state index contributed by atoms with van der Waals surface area (Å²) in [6.07, 6.45) is 8.39. The smallest absolute Gasteiger partial charge is 0.230 e. The first-order chi connectivity index (χ1) is 14.0. The quantitative estimate of drug-likeness (QED) is 0.529. The average molecular weight is 418 g/mol. The minimum atomic E-state index is 0.0249. The van der Waals surface area contributed by atoms with Crippen LogP contribution in [-0.2, 0) is 11.4 Å². The van der Waals surface area contributed by atoms with Crippen molar-refractivity contribution in [1.29, 1.82) is 0 Å². The monoisotopic (exact) mass is 417 g/mol. The van der Waals surface area contributed by atoms with E-state index >= 15 is 0 Å². The van der Waals surface area contributed by atoms with Crippen molar-refractivity contribution in [1.82, 2.24) is 20.2 Å². The van der Waals surface area contributed by atoms with Crippen molar-refractivity contribution in [2.45, 2.75) is 76.6 Å². The van der Waals surface area contributed by atoms with Gasteiger partial charge in [-0.15, -0.1) is 10.2 Å². The van der Waals surface area contributed by atoms with Crippen LogP contribution in [0.25, 0.3) is 0 Å². The fourth-order valence-corrected chi connectivity index (χ4v) is 4.35. The maximum atomic E-state index is 12.3. The summed E-state index contributed by atoms with van der Waals surface area (Å²) < 4.78 is 7.31. The minimum Gasteiger partial charge on any atom is -0.485 e. The first kappa shape index (κ1) is 21.5. The Morgan fingerprint density at radius 1 is 1.17 bits per heavy atom. The van der Waals surface area contributed by atoms with Gasteiger partial charge in [0.25, 0.3) is 0 Å². The standard InChI is InChI=1S/C21H31N5O2S/c1-15-9-8-10-16(2)20(15)28-13-18-24-25-21(26(18)22)29-14-19(27)23-17-11-6-4-3-5-7-12-17/h8-10,17H,3-7,11-14,22H2,1-2H3,(H,23,27). The zero-order valence-electron chi connectivity index (χ0n) is 17.3. The first-order valence-electron chi connectivity index (χ1n) is 10.3. The van der Waals surface area contributed by atoms with Gasteiger partial charge in [-0.05, 0) is 37.8 Å². The summed E-state index contributed by atoms with van der Waals surface area (Å²) in [5, 5.41) is 11.9. The fraction of sp³-hybridized carbons (Fsp3) is 0.571. The van der Waals surface area contributed by atoms with Gasteiger partial charge >= 0.3 is 0 Å². The number of nitrogen functional groups attached to an aromatic ring is 1. The van der Waals surface area contributed by atoms with Crippen LogP contribution in [0.1, 0.15) is 61.9 Å². The molecule has 1 aliphatic rings. The van der Waals surface area contributed by atoms with Crippen molar-refractivity contribution in [3.8, 4) is 5.75 Å². The molecule has 2 aromatic rings. The number of ether oxygens (including phenoxy) is 1. The van der Waals surface area contributed by atoms with Crippen molar-refractivity contribution in [3.63, 3.8) is 0 Å². The van der Waals surface area contributed by atoms with Gasteiger partial charge in [0.15, 0.2) is 5.82 Å². The predicted molar refractivity (Wildman–Crippen MR) is 115 cm³/mol. The highest BCUT2D eigenvalue weighted by Gasteiger charge is 2.17. The van der Waals surface area contributed by atoms with Crippen LogP contribution in [-0.4, -0.2) is 32.6 Å². The number of nitrogens with zero attached hydrogens (tertiary/aromatic N) is 3. The van der Waals surface area contributed by atoms with Crippen LogP contribution in [0.3, 0.4) is 0 Å². The second kappa shape index (κ2) is 10.5. The molecule has 1 aliphatic carbocycles. The molecule has 0 unspecified atom stereocenters. The Morgan fingerprint density at radius 2 is 1.83 bits per heavy atom. The number of nitrogens with two attached hydrogens (primary N) is 1. The van der Waals surface area contributed by atoms with Crippen LogP contribution >= 0.6 is 11.8 Å². The molecule has 1 saturated carbocycles. The molecular formula is C21H31N5O2S. The molecule has 3 N–H and O–H groups in total. The molecule has 1 amide bonds. The normalized spacial score (nSPS) is 15.5. The van der Waals surface area contributed by atoms with Crippen LogP contribution in [0.5, 0.6) is 5.75 Å². The largest absolute Gasteiger partial charge is 0.485 e. The van der Waals surface area contributed by atoms with Crippen molar-refractivity contribution >= 4 is 17.7 Å². The molecule has 0 saturated heterocycles. The van der Waals surface area contributed by atoms with Gasteiger partial charge in [-0.2, -0.15) is 0 Å². The molecule has 158 valence electrons. The number of para-hydroxylation sites is 1. The average Bonchev–Trinajstić information content (AvgIpc) is 3.01. The van der Waals surface area contributed by atoms with E-state index in [1.54, 1.807) is 0 Å². The highest BCUT2D eigenvalue weighted by molar-refractivity contribution is 7.99. The van der Waals surface area contributed by atoms with Crippen LogP contribution < -0.4 is 15.9 Å². The highest BCUT2D eigenvalue weighted by Crippen LogP contribution is 2.24. The molecule has 1 aromatic heterocycles. The number of amides is 1. The number of benzene rings is 1. The molecule has 0 bridgehead atoms. The SMILES string of the molecule is Cc1cccc(C)c1OCc1nnc(SCC(=O)NC2CCCCCCC2)n1N. The van der Waals surface area contributed by atoms with Crippen LogP contribution in [0.2, 0.25) is 0 Å². The van der Waals surface area contributed by atoms with Gasteiger partial charge in [-0.1, -0.05) is 62.1 Å². The Labute approximate surface area is 176 Å². The Morgan fingerprint density at radius 3 is 2.52 bits per heavy atom. The summed E-state index contributed by atoms with van der Waals surface area (Å²) in [6, 6.07) is 6.30. The lowest BCUT2D eigenvalue weighted by Gasteiger charge is -2.20. The Hall–Kier alpha value is -2.22. The predicted octanol–water partition coefficient (Wildman–Crippen LogP) is 3.51. The van der Waals surface area contributed by atoms with Gasteiger partial charge in [0.1, 0.15) is 12.4 Å². The molecule has 3 rings (SSSR count). The second-order valence-corrected chi connectivity index (χ2v) is 8.62. The van der Waals surface area contributed by atoms with E-state index in [1.165, 1.54) is 48.5 Å². The molecule has 0 aliphatic heterocycles. The lowest BCUT2D eigenvalue weighted by molar-refractivity contribution is -0.119. The van der Waals surface area contributed by atoms with Gasteiger partial charge in [0.05, 0.1) is 5.75 Å². The number of hydrogen-bond acceptors (Lipinski definition) is 6. The van der Waals surface area contributed by atoms with Crippen LogP contribution in [0.15, 0.2) is 23.4 Å². The summed E-state index contributed by atoms with van der Waals surface area (Å²) in [5.74, 6) is 7.78. The van der Waals surface area contributed by atoms with Crippen molar-refractivity contribution in [2.24, 2.45) is 0 Å². The zero-order valence-corrected chi connectivity index (χ0v) is 18.1. The summed E-state index contributed by atoms with van der Waals surface area (Å²) in [5.41, 5.74) is 2.13. The molecule has 8 heteroatoms. The number of carbonyl (C=O) groups is 1. The number of carbonyl (C=O) groups excluding carboxylic acids is 1. The third-order valence-corrected chi connectivity index (χ3v) is 6.24. The van der Waals surface area contributed by atoms with Crippen LogP contribution in [0.4, 0.5) is 0 Å². The van der Waals surface area contributed by atoms with Gasteiger partial charge in [-0.3, -0.25) is 4.79 Å². The van der Waals surface area contributed by atoms with E-state index < -0.39 is 0 Å². The Balaban J connectivity index is 1.49. The third-order valence-electron chi connectivity index (χ3n) is 5.29. The molecule has 1 aromatic carbocycles. The number of rotatable bonds is 7. The summed E-state index contributed by atoms with van der Waals surface area (Å²) in [7, 11) is 0. The van der Waals surface area contributed by atoms with Gasteiger partial charge < -0.3 is 15.9 Å².